The van der Waals surface area contributed by atoms with E-state index in [0.29, 0.717) is 12.3 Å². The van der Waals surface area contributed by atoms with Gasteiger partial charge in [0.25, 0.3) is 0 Å². The molecule has 1 amide bonds. The molecule has 86 valence electrons. The topological polar surface area (TPSA) is 20.3 Å². The van der Waals surface area contributed by atoms with Crippen molar-refractivity contribution in [2.24, 2.45) is 5.92 Å². The maximum Gasteiger partial charge on any atom is 0.227 e. The van der Waals surface area contributed by atoms with Gasteiger partial charge in [-0.15, -0.1) is 0 Å². The van der Waals surface area contributed by atoms with Gasteiger partial charge in [-0.1, -0.05) is 15.9 Å². The van der Waals surface area contributed by atoms with Gasteiger partial charge in [0.1, 0.15) is 0 Å². The third-order valence-electron chi connectivity index (χ3n) is 2.91. The first kappa shape index (κ1) is 12.0. The highest BCUT2D eigenvalue weighted by molar-refractivity contribution is 9.10. The average Bonchev–Trinajstić information content (AvgIpc) is 2.60. The van der Waals surface area contributed by atoms with Crippen molar-refractivity contribution in [1.82, 2.24) is 0 Å². The fraction of sp³-hybridized carbons (Fsp3) is 0.417. The van der Waals surface area contributed by atoms with Crippen LogP contribution in [-0.4, -0.2) is 18.2 Å². The molecular formula is C12H14BrNOS. The number of hydrogen-bond acceptors (Lipinski definition) is 2. The zero-order chi connectivity index (χ0) is 11.7. The Balaban J connectivity index is 2.28. The molecule has 16 heavy (non-hydrogen) atoms. The number of rotatable bonds is 2. The van der Waals surface area contributed by atoms with E-state index >= 15 is 0 Å². The van der Waals surface area contributed by atoms with Crippen molar-refractivity contribution in [2.75, 3.05) is 17.2 Å². The van der Waals surface area contributed by atoms with Crippen molar-refractivity contribution in [2.45, 2.75) is 13.3 Å². The molecule has 0 aliphatic carbocycles. The summed E-state index contributed by atoms with van der Waals surface area (Å²) in [5.41, 5.74) is 2.15. The molecule has 1 unspecified atom stereocenters. The Kier molecular flexibility index (Phi) is 3.60. The van der Waals surface area contributed by atoms with Gasteiger partial charge >= 0.3 is 0 Å². The number of thiol groups is 1. The van der Waals surface area contributed by atoms with Crippen LogP contribution >= 0.6 is 28.6 Å². The van der Waals surface area contributed by atoms with Crippen molar-refractivity contribution in [3.8, 4) is 0 Å². The van der Waals surface area contributed by atoms with Gasteiger partial charge in [-0.25, -0.2) is 0 Å². The van der Waals surface area contributed by atoms with Crippen molar-refractivity contribution >= 4 is 40.2 Å². The molecule has 0 aromatic heterocycles. The molecule has 2 nitrogen and oxygen atoms in total. The summed E-state index contributed by atoms with van der Waals surface area (Å²) in [6.07, 6.45) is 0.624. The smallest absolute Gasteiger partial charge is 0.227 e. The summed E-state index contributed by atoms with van der Waals surface area (Å²) in [6.45, 7) is 2.83. The monoisotopic (exact) mass is 299 g/mol. The Bertz CT molecular complexity index is 421. The maximum absolute atomic E-state index is 11.9. The molecule has 0 bridgehead atoms. The number of halogens is 1. The summed E-state index contributed by atoms with van der Waals surface area (Å²) in [5.74, 6) is 1.38. The highest BCUT2D eigenvalue weighted by Crippen LogP contribution is 2.29. The zero-order valence-electron chi connectivity index (χ0n) is 9.11. The van der Waals surface area contributed by atoms with E-state index in [1.165, 1.54) is 0 Å². The molecule has 1 aliphatic rings. The van der Waals surface area contributed by atoms with E-state index in [9.17, 15) is 4.79 Å². The van der Waals surface area contributed by atoms with E-state index in [2.05, 4.69) is 28.6 Å². The van der Waals surface area contributed by atoms with Crippen LogP contribution in [0.1, 0.15) is 12.0 Å². The van der Waals surface area contributed by atoms with Crippen LogP contribution in [0.2, 0.25) is 0 Å². The highest BCUT2D eigenvalue weighted by Gasteiger charge is 2.30. The van der Waals surface area contributed by atoms with Crippen LogP contribution in [0, 0.1) is 12.8 Å². The number of carbonyl (C=O) groups is 1. The lowest BCUT2D eigenvalue weighted by Gasteiger charge is -2.19. The standard InChI is InChI=1S/C12H14BrNOS/c1-8-4-10(13)2-3-11(8)14-6-9(7-16)5-12(14)15/h2-4,9,16H,5-7H2,1H3. The Morgan fingerprint density at radius 3 is 2.88 bits per heavy atom. The quantitative estimate of drug-likeness (QED) is 0.832. The van der Waals surface area contributed by atoms with Crippen molar-refractivity contribution in [3.05, 3.63) is 28.2 Å². The van der Waals surface area contributed by atoms with Gasteiger partial charge in [-0.3, -0.25) is 4.79 Å². The number of carbonyl (C=O) groups excluding carboxylic acids is 1. The average molecular weight is 300 g/mol. The van der Waals surface area contributed by atoms with E-state index in [1.807, 2.05) is 30.0 Å². The molecule has 1 aromatic rings. The van der Waals surface area contributed by atoms with Gasteiger partial charge < -0.3 is 4.90 Å². The summed E-state index contributed by atoms with van der Waals surface area (Å²) in [4.78, 5) is 13.7. The first-order valence-electron chi connectivity index (χ1n) is 5.29. The second-order valence-electron chi connectivity index (χ2n) is 4.19. The predicted octanol–water partition coefficient (Wildman–Crippen LogP) is 3.04. The lowest BCUT2D eigenvalue weighted by Crippen LogP contribution is -2.25. The maximum atomic E-state index is 11.9. The molecule has 1 fully saturated rings. The van der Waals surface area contributed by atoms with Crippen molar-refractivity contribution in [3.63, 3.8) is 0 Å². The molecule has 0 N–H and O–H groups in total. The molecule has 1 saturated heterocycles. The minimum absolute atomic E-state index is 0.212. The van der Waals surface area contributed by atoms with Crippen molar-refractivity contribution < 1.29 is 4.79 Å². The van der Waals surface area contributed by atoms with Gasteiger partial charge in [-0.2, -0.15) is 12.6 Å². The van der Waals surface area contributed by atoms with E-state index in [1.54, 1.807) is 0 Å². The minimum Gasteiger partial charge on any atom is -0.312 e. The molecule has 1 atom stereocenters. The third kappa shape index (κ3) is 2.28. The summed E-state index contributed by atoms with van der Waals surface area (Å²) in [5, 5.41) is 0. The SMILES string of the molecule is Cc1cc(Br)ccc1N1CC(CS)CC1=O. The molecule has 2 rings (SSSR count). The minimum atomic E-state index is 0.212. The molecule has 1 aliphatic heterocycles. The summed E-state index contributed by atoms with van der Waals surface area (Å²) >= 11 is 7.70. The zero-order valence-corrected chi connectivity index (χ0v) is 11.6. The molecule has 0 spiro atoms. The van der Waals surface area contributed by atoms with Gasteiger partial charge in [-0.05, 0) is 42.4 Å². The van der Waals surface area contributed by atoms with Crippen LogP contribution in [0.3, 0.4) is 0 Å². The number of anilines is 1. The molecule has 4 heteroatoms. The molecular weight excluding hydrogens is 286 g/mol. The third-order valence-corrected chi connectivity index (χ3v) is 3.92. The fourth-order valence-electron chi connectivity index (χ4n) is 2.06. The number of hydrogen-bond donors (Lipinski definition) is 1. The van der Waals surface area contributed by atoms with Crippen LogP contribution in [0.15, 0.2) is 22.7 Å². The van der Waals surface area contributed by atoms with E-state index in [4.69, 9.17) is 0 Å². The number of amides is 1. The second-order valence-corrected chi connectivity index (χ2v) is 5.47. The Morgan fingerprint density at radius 1 is 1.56 bits per heavy atom. The largest absolute Gasteiger partial charge is 0.312 e. The number of nitrogens with zero attached hydrogens (tertiary/aromatic N) is 1. The highest BCUT2D eigenvalue weighted by atomic mass is 79.9. The first-order valence-corrected chi connectivity index (χ1v) is 6.71. The van der Waals surface area contributed by atoms with Gasteiger partial charge in [0.15, 0.2) is 0 Å². The normalized spacial score (nSPS) is 20.6. The molecule has 0 radical (unpaired) electrons. The number of benzene rings is 1. The van der Waals surface area contributed by atoms with Crippen molar-refractivity contribution in [1.29, 1.82) is 0 Å². The van der Waals surface area contributed by atoms with E-state index in [-0.39, 0.29) is 5.91 Å². The first-order chi connectivity index (χ1) is 7.61. The Labute approximate surface area is 110 Å². The fourth-order valence-corrected chi connectivity index (χ4v) is 2.78. The molecule has 0 saturated carbocycles. The van der Waals surface area contributed by atoms with Crippen LogP contribution < -0.4 is 4.90 Å². The van der Waals surface area contributed by atoms with E-state index < -0.39 is 0 Å². The summed E-state index contributed by atoms with van der Waals surface area (Å²) in [6, 6.07) is 6.01. The number of aryl methyl sites for hydroxylation is 1. The van der Waals surface area contributed by atoms with Gasteiger partial charge in [0, 0.05) is 23.1 Å². The molecule has 1 aromatic carbocycles. The Morgan fingerprint density at radius 2 is 2.31 bits per heavy atom. The van der Waals surface area contributed by atoms with Crippen LogP contribution in [0.4, 0.5) is 5.69 Å². The van der Waals surface area contributed by atoms with E-state index in [0.717, 1.165) is 28.0 Å². The Hall–Kier alpha value is -0.480. The van der Waals surface area contributed by atoms with Crippen LogP contribution in [0.5, 0.6) is 0 Å². The van der Waals surface area contributed by atoms with Crippen LogP contribution in [-0.2, 0) is 4.79 Å². The van der Waals surface area contributed by atoms with Crippen LogP contribution in [0.25, 0.3) is 0 Å². The predicted molar refractivity (Wildman–Crippen MR) is 73.2 cm³/mol. The molecule has 1 heterocycles. The van der Waals surface area contributed by atoms with Gasteiger partial charge in [0.2, 0.25) is 5.91 Å². The lowest BCUT2D eigenvalue weighted by molar-refractivity contribution is -0.117. The second kappa shape index (κ2) is 4.80. The van der Waals surface area contributed by atoms with Gasteiger partial charge in [0.05, 0.1) is 0 Å². The summed E-state index contributed by atoms with van der Waals surface area (Å²) < 4.78 is 1.05. The lowest BCUT2D eigenvalue weighted by atomic mass is 10.1. The summed E-state index contributed by atoms with van der Waals surface area (Å²) in [7, 11) is 0.